The number of benzene rings is 1. The topological polar surface area (TPSA) is 120 Å². The zero-order chi connectivity index (χ0) is 20.7. The van der Waals surface area contributed by atoms with Gasteiger partial charge in [0.2, 0.25) is 11.8 Å². The van der Waals surface area contributed by atoms with E-state index in [0.29, 0.717) is 19.4 Å². The number of hydrogen-bond acceptors (Lipinski definition) is 5. The SMILES string of the molecule is O=C(NC1CCN2C(=O)C(Cc3c[nH]c4ccccc34)NC(=O)C12)c1cnccn1. The molecule has 2 saturated heterocycles. The Kier molecular flexibility index (Phi) is 4.42. The van der Waals surface area contributed by atoms with Crippen LogP contribution >= 0.6 is 0 Å². The van der Waals surface area contributed by atoms with Crippen molar-refractivity contribution in [1.82, 2.24) is 30.5 Å². The normalized spacial score (nSPS) is 23.3. The molecule has 0 radical (unpaired) electrons. The number of aromatic amines is 1. The van der Waals surface area contributed by atoms with E-state index in [1.807, 2.05) is 30.5 Å². The van der Waals surface area contributed by atoms with E-state index < -0.39 is 24.0 Å². The first kappa shape index (κ1) is 18.3. The monoisotopic (exact) mass is 404 g/mol. The number of aromatic nitrogens is 3. The van der Waals surface area contributed by atoms with E-state index in [2.05, 4.69) is 25.6 Å². The lowest BCUT2D eigenvalue weighted by Crippen LogP contribution is -2.65. The highest BCUT2D eigenvalue weighted by molar-refractivity contribution is 5.99. The average Bonchev–Trinajstić information content (AvgIpc) is 3.37. The number of hydrogen-bond donors (Lipinski definition) is 3. The molecule has 2 aromatic heterocycles. The third kappa shape index (κ3) is 3.08. The first-order valence-corrected chi connectivity index (χ1v) is 9.84. The number of para-hydroxylation sites is 1. The van der Waals surface area contributed by atoms with Gasteiger partial charge in [0.05, 0.1) is 12.2 Å². The first-order valence-electron chi connectivity index (χ1n) is 9.84. The van der Waals surface area contributed by atoms with Crippen molar-refractivity contribution in [1.29, 1.82) is 0 Å². The molecule has 5 rings (SSSR count). The number of piperazine rings is 1. The Hall–Kier alpha value is -3.75. The Morgan fingerprint density at radius 1 is 1.23 bits per heavy atom. The molecular formula is C21H20N6O3. The molecule has 3 atom stereocenters. The molecule has 3 amide bonds. The molecule has 1 aromatic carbocycles. The molecule has 9 nitrogen and oxygen atoms in total. The molecule has 4 heterocycles. The van der Waals surface area contributed by atoms with Gasteiger partial charge in [-0.3, -0.25) is 19.4 Å². The highest BCUT2D eigenvalue weighted by atomic mass is 16.2. The number of carbonyl (C=O) groups is 3. The molecule has 3 aromatic rings. The molecule has 30 heavy (non-hydrogen) atoms. The summed E-state index contributed by atoms with van der Waals surface area (Å²) in [6, 6.07) is 6.06. The Morgan fingerprint density at radius 2 is 2.10 bits per heavy atom. The average molecular weight is 404 g/mol. The van der Waals surface area contributed by atoms with Crippen LogP contribution in [0.1, 0.15) is 22.5 Å². The van der Waals surface area contributed by atoms with Crippen molar-refractivity contribution in [3.63, 3.8) is 0 Å². The van der Waals surface area contributed by atoms with Gasteiger partial charge in [-0.15, -0.1) is 0 Å². The van der Waals surface area contributed by atoms with Crippen LogP contribution in [0.15, 0.2) is 49.1 Å². The third-order valence-corrected chi connectivity index (χ3v) is 5.78. The zero-order valence-corrected chi connectivity index (χ0v) is 16.0. The fourth-order valence-electron chi connectivity index (χ4n) is 4.35. The van der Waals surface area contributed by atoms with E-state index >= 15 is 0 Å². The summed E-state index contributed by atoms with van der Waals surface area (Å²) in [6.07, 6.45) is 7.08. The molecule has 0 spiro atoms. The van der Waals surface area contributed by atoms with Gasteiger partial charge < -0.3 is 20.5 Å². The highest BCUT2D eigenvalue weighted by Gasteiger charge is 2.48. The van der Waals surface area contributed by atoms with Crippen molar-refractivity contribution in [2.75, 3.05) is 6.54 Å². The summed E-state index contributed by atoms with van der Waals surface area (Å²) in [5.41, 5.74) is 2.15. The van der Waals surface area contributed by atoms with Crippen LogP contribution in [0.4, 0.5) is 0 Å². The van der Waals surface area contributed by atoms with Crippen molar-refractivity contribution in [3.05, 3.63) is 60.3 Å². The van der Waals surface area contributed by atoms with Crippen LogP contribution in [-0.2, 0) is 16.0 Å². The third-order valence-electron chi connectivity index (χ3n) is 5.78. The fourth-order valence-corrected chi connectivity index (χ4v) is 4.35. The molecule has 3 unspecified atom stereocenters. The second-order valence-corrected chi connectivity index (χ2v) is 7.56. The molecule has 0 saturated carbocycles. The summed E-state index contributed by atoms with van der Waals surface area (Å²) in [5, 5.41) is 6.73. The molecule has 2 fully saturated rings. The van der Waals surface area contributed by atoms with E-state index in [0.717, 1.165) is 16.5 Å². The quantitative estimate of drug-likeness (QED) is 0.581. The van der Waals surface area contributed by atoms with Crippen LogP contribution in [0.2, 0.25) is 0 Å². The minimum absolute atomic E-state index is 0.124. The molecule has 2 aliphatic heterocycles. The molecule has 152 valence electrons. The largest absolute Gasteiger partial charge is 0.361 e. The molecule has 3 N–H and O–H groups in total. The van der Waals surface area contributed by atoms with Crippen molar-refractivity contribution < 1.29 is 14.4 Å². The van der Waals surface area contributed by atoms with E-state index in [1.54, 1.807) is 4.90 Å². The lowest BCUT2D eigenvalue weighted by molar-refractivity contribution is -0.147. The lowest BCUT2D eigenvalue weighted by atomic mass is 9.99. The molecule has 0 bridgehead atoms. The van der Waals surface area contributed by atoms with Crippen LogP contribution < -0.4 is 10.6 Å². The van der Waals surface area contributed by atoms with Gasteiger partial charge in [0.25, 0.3) is 5.91 Å². The van der Waals surface area contributed by atoms with E-state index in [-0.39, 0.29) is 17.5 Å². The Morgan fingerprint density at radius 3 is 2.93 bits per heavy atom. The maximum absolute atomic E-state index is 13.1. The fraction of sp³-hybridized carbons (Fsp3) is 0.286. The Bertz CT molecular complexity index is 1130. The van der Waals surface area contributed by atoms with E-state index in [1.165, 1.54) is 18.6 Å². The van der Waals surface area contributed by atoms with Gasteiger partial charge in [-0.05, 0) is 18.1 Å². The number of H-pyrrole nitrogens is 1. The number of nitrogens with zero attached hydrogens (tertiary/aromatic N) is 3. The number of fused-ring (bicyclic) bond motifs is 2. The second-order valence-electron chi connectivity index (χ2n) is 7.56. The van der Waals surface area contributed by atoms with Crippen molar-refractivity contribution in [3.8, 4) is 0 Å². The van der Waals surface area contributed by atoms with Crippen molar-refractivity contribution >= 4 is 28.6 Å². The lowest BCUT2D eigenvalue weighted by Gasteiger charge is -2.36. The van der Waals surface area contributed by atoms with Crippen molar-refractivity contribution in [2.45, 2.75) is 31.0 Å². The number of rotatable bonds is 4. The summed E-state index contributed by atoms with van der Waals surface area (Å²) in [6.45, 7) is 0.423. The van der Waals surface area contributed by atoms with Gasteiger partial charge in [0, 0.05) is 42.5 Å². The van der Waals surface area contributed by atoms with Crippen molar-refractivity contribution in [2.24, 2.45) is 0 Å². The highest BCUT2D eigenvalue weighted by Crippen LogP contribution is 2.26. The number of nitrogens with one attached hydrogen (secondary N) is 3. The summed E-state index contributed by atoms with van der Waals surface area (Å²) in [4.78, 5) is 51.0. The van der Waals surface area contributed by atoms with Gasteiger partial charge in [-0.25, -0.2) is 4.98 Å². The predicted octanol–water partition coefficient (Wildman–Crippen LogP) is 0.398. The second kappa shape index (κ2) is 7.25. The summed E-state index contributed by atoms with van der Waals surface area (Å²) in [7, 11) is 0. The maximum atomic E-state index is 13.1. The minimum atomic E-state index is -0.711. The number of carbonyl (C=O) groups excluding carboxylic acids is 3. The zero-order valence-electron chi connectivity index (χ0n) is 16.0. The first-order chi connectivity index (χ1) is 14.6. The molecule has 2 aliphatic rings. The van der Waals surface area contributed by atoms with Crippen LogP contribution in [0, 0.1) is 0 Å². The van der Waals surface area contributed by atoms with Gasteiger partial charge in [0.1, 0.15) is 17.8 Å². The van der Waals surface area contributed by atoms with Gasteiger partial charge in [-0.1, -0.05) is 18.2 Å². The summed E-state index contributed by atoms with van der Waals surface area (Å²) < 4.78 is 0. The van der Waals surface area contributed by atoms with Crippen LogP contribution in [-0.4, -0.2) is 62.2 Å². The molecule has 9 heteroatoms. The molecule has 0 aliphatic carbocycles. The Labute approximate surface area is 171 Å². The Balaban J connectivity index is 1.31. The molecular weight excluding hydrogens is 384 g/mol. The smallest absolute Gasteiger partial charge is 0.271 e. The van der Waals surface area contributed by atoms with Gasteiger partial charge in [-0.2, -0.15) is 0 Å². The number of amides is 3. The van der Waals surface area contributed by atoms with Gasteiger partial charge in [0.15, 0.2) is 0 Å². The van der Waals surface area contributed by atoms with Crippen LogP contribution in [0.5, 0.6) is 0 Å². The summed E-state index contributed by atoms with van der Waals surface area (Å²) in [5.74, 6) is -0.779. The van der Waals surface area contributed by atoms with Crippen LogP contribution in [0.3, 0.4) is 0 Å². The standard InChI is InChI=1S/C21H20N6O3/c28-19(17-11-22-6-7-23-17)25-15-5-8-27-18(15)20(29)26-16(21(27)30)9-12-10-24-14-4-2-1-3-13(12)14/h1-4,6-7,10-11,15-16,18,24H,5,8-9H2,(H,25,28)(H,26,29). The van der Waals surface area contributed by atoms with Gasteiger partial charge >= 0.3 is 0 Å². The van der Waals surface area contributed by atoms with E-state index in [9.17, 15) is 14.4 Å². The summed E-state index contributed by atoms with van der Waals surface area (Å²) >= 11 is 0. The predicted molar refractivity (Wildman–Crippen MR) is 107 cm³/mol. The van der Waals surface area contributed by atoms with E-state index in [4.69, 9.17) is 0 Å². The maximum Gasteiger partial charge on any atom is 0.271 e. The minimum Gasteiger partial charge on any atom is -0.361 e. The van der Waals surface area contributed by atoms with Crippen LogP contribution in [0.25, 0.3) is 10.9 Å².